The summed E-state index contributed by atoms with van der Waals surface area (Å²) in [5.74, 6) is -3.57. The molecular formula is C9H11F2NO2. The molecule has 0 aliphatic rings. The van der Waals surface area contributed by atoms with Gasteiger partial charge in [-0.2, -0.15) is 0 Å². The summed E-state index contributed by atoms with van der Waals surface area (Å²) in [5, 5.41) is 17.9. The van der Waals surface area contributed by atoms with Crippen LogP contribution in [-0.4, -0.2) is 16.8 Å². The van der Waals surface area contributed by atoms with Crippen LogP contribution in [0, 0.1) is 11.6 Å². The van der Waals surface area contributed by atoms with Crippen molar-refractivity contribution in [3.63, 3.8) is 0 Å². The van der Waals surface area contributed by atoms with Crippen LogP contribution in [0.4, 0.5) is 8.78 Å². The zero-order chi connectivity index (χ0) is 10.7. The zero-order valence-corrected chi connectivity index (χ0v) is 7.43. The van der Waals surface area contributed by atoms with Crippen LogP contribution in [-0.2, 0) is 6.42 Å². The topological polar surface area (TPSA) is 66.5 Å². The second kappa shape index (κ2) is 4.23. The zero-order valence-electron chi connectivity index (χ0n) is 7.43. The van der Waals surface area contributed by atoms with Gasteiger partial charge in [0.2, 0.25) is 0 Å². The third kappa shape index (κ3) is 1.93. The van der Waals surface area contributed by atoms with E-state index in [1.165, 1.54) is 0 Å². The minimum Gasteiger partial charge on any atom is -0.505 e. The van der Waals surface area contributed by atoms with Crippen LogP contribution < -0.4 is 5.73 Å². The second-order valence-electron chi connectivity index (χ2n) is 2.91. The number of hydrogen-bond donors (Lipinski definition) is 3. The van der Waals surface area contributed by atoms with Gasteiger partial charge in [-0.05, 0) is 19.4 Å². The molecule has 0 radical (unpaired) electrons. The van der Waals surface area contributed by atoms with Gasteiger partial charge in [-0.1, -0.05) is 0 Å². The summed E-state index contributed by atoms with van der Waals surface area (Å²) >= 11 is 0. The minimum atomic E-state index is -1.03. The van der Waals surface area contributed by atoms with Gasteiger partial charge in [0.25, 0.3) is 0 Å². The SMILES string of the molecule is NCCCc1c(F)c(O)cc(O)c1F. The minimum absolute atomic E-state index is 0.0517. The highest BCUT2D eigenvalue weighted by molar-refractivity contribution is 5.40. The summed E-state index contributed by atoms with van der Waals surface area (Å²) < 4.78 is 26.2. The van der Waals surface area contributed by atoms with Gasteiger partial charge in [0.1, 0.15) is 0 Å². The Labute approximate surface area is 79.8 Å². The van der Waals surface area contributed by atoms with Crippen molar-refractivity contribution in [3.8, 4) is 11.5 Å². The maximum atomic E-state index is 13.1. The molecule has 1 aromatic carbocycles. The molecule has 1 aromatic rings. The maximum absolute atomic E-state index is 13.1. The lowest BCUT2D eigenvalue weighted by Crippen LogP contribution is -2.03. The molecule has 1 rings (SSSR count). The summed E-state index contributed by atoms with van der Waals surface area (Å²) in [6.07, 6.45) is 0.437. The molecule has 0 heterocycles. The summed E-state index contributed by atoms with van der Waals surface area (Å²) in [4.78, 5) is 0. The Kier molecular flexibility index (Phi) is 3.24. The van der Waals surface area contributed by atoms with Crippen molar-refractivity contribution < 1.29 is 19.0 Å². The third-order valence-electron chi connectivity index (χ3n) is 1.88. The largest absolute Gasteiger partial charge is 0.505 e. The van der Waals surface area contributed by atoms with E-state index in [4.69, 9.17) is 15.9 Å². The first-order valence-corrected chi connectivity index (χ1v) is 4.16. The molecule has 4 N–H and O–H groups in total. The van der Waals surface area contributed by atoms with Gasteiger partial charge in [-0.15, -0.1) is 0 Å². The molecule has 0 aliphatic carbocycles. The van der Waals surface area contributed by atoms with Gasteiger partial charge in [-0.25, -0.2) is 8.78 Å². The predicted octanol–water partition coefficient (Wildman–Crippen LogP) is 1.27. The van der Waals surface area contributed by atoms with Gasteiger partial charge in [0, 0.05) is 11.6 Å². The normalized spacial score (nSPS) is 10.5. The molecule has 5 heteroatoms. The van der Waals surface area contributed by atoms with Gasteiger partial charge in [0.15, 0.2) is 23.1 Å². The number of nitrogens with two attached hydrogens (primary N) is 1. The van der Waals surface area contributed by atoms with Gasteiger partial charge in [0.05, 0.1) is 0 Å². The van der Waals surface area contributed by atoms with E-state index in [2.05, 4.69) is 0 Å². The number of benzene rings is 1. The number of aromatic hydroxyl groups is 2. The molecule has 78 valence electrons. The average molecular weight is 203 g/mol. The Bertz CT molecular complexity index is 316. The van der Waals surface area contributed by atoms with Crippen LogP contribution in [0.5, 0.6) is 11.5 Å². The Morgan fingerprint density at radius 2 is 1.64 bits per heavy atom. The van der Waals surface area contributed by atoms with E-state index >= 15 is 0 Å². The van der Waals surface area contributed by atoms with Crippen LogP contribution in [0.2, 0.25) is 0 Å². The molecule has 0 spiro atoms. The molecule has 0 atom stereocenters. The van der Waals surface area contributed by atoms with Crippen LogP contribution >= 0.6 is 0 Å². The van der Waals surface area contributed by atoms with Gasteiger partial charge >= 0.3 is 0 Å². The Morgan fingerprint density at radius 1 is 1.14 bits per heavy atom. The highest BCUT2D eigenvalue weighted by Crippen LogP contribution is 2.30. The molecule has 0 amide bonds. The molecule has 0 bridgehead atoms. The van der Waals surface area contributed by atoms with E-state index in [-0.39, 0.29) is 18.5 Å². The average Bonchev–Trinajstić information content (AvgIpc) is 2.15. The lowest BCUT2D eigenvalue weighted by Gasteiger charge is -2.07. The van der Waals surface area contributed by atoms with E-state index in [1.807, 2.05) is 0 Å². The molecule has 3 nitrogen and oxygen atoms in total. The fourth-order valence-electron chi connectivity index (χ4n) is 1.16. The highest BCUT2D eigenvalue weighted by atomic mass is 19.1. The highest BCUT2D eigenvalue weighted by Gasteiger charge is 2.17. The molecule has 0 saturated heterocycles. The van der Waals surface area contributed by atoms with E-state index < -0.39 is 23.1 Å². The first kappa shape index (κ1) is 10.7. The Balaban J connectivity index is 3.11. The lowest BCUT2D eigenvalue weighted by molar-refractivity contribution is 0.389. The summed E-state index contributed by atoms with van der Waals surface area (Å²) in [6.45, 7) is 0.287. The van der Waals surface area contributed by atoms with E-state index in [1.54, 1.807) is 0 Å². The fourth-order valence-corrected chi connectivity index (χ4v) is 1.16. The number of halogens is 2. The van der Waals surface area contributed by atoms with Crippen molar-refractivity contribution in [1.82, 2.24) is 0 Å². The van der Waals surface area contributed by atoms with Crippen molar-refractivity contribution in [2.24, 2.45) is 5.73 Å². The molecular weight excluding hydrogens is 192 g/mol. The number of phenolic OH excluding ortho intramolecular Hbond substituents is 2. The third-order valence-corrected chi connectivity index (χ3v) is 1.88. The summed E-state index contributed by atoms with van der Waals surface area (Å²) in [5.41, 5.74) is 4.86. The monoisotopic (exact) mass is 203 g/mol. The Morgan fingerprint density at radius 3 is 2.07 bits per heavy atom. The van der Waals surface area contributed by atoms with Crippen LogP contribution in [0.15, 0.2) is 6.07 Å². The number of phenols is 2. The van der Waals surface area contributed by atoms with Crippen molar-refractivity contribution in [2.75, 3.05) is 6.54 Å². The van der Waals surface area contributed by atoms with Crippen LogP contribution in [0.25, 0.3) is 0 Å². The van der Waals surface area contributed by atoms with Crippen molar-refractivity contribution in [2.45, 2.75) is 12.8 Å². The molecule has 0 fully saturated rings. The van der Waals surface area contributed by atoms with E-state index in [9.17, 15) is 8.78 Å². The lowest BCUT2D eigenvalue weighted by atomic mass is 10.1. The van der Waals surface area contributed by atoms with Crippen molar-refractivity contribution >= 4 is 0 Å². The first-order chi connectivity index (χ1) is 6.57. The number of rotatable bonds is 3. The quantitative estimate of drug-likeness (QED) is 0.693. The van der Waals surface area contributed by atoms with Crippen molar-refractivity contribution in [3.05, 3.63) is 23.3 Å². The van der Waals surface area contributed by atoms with E-state index in [0.29, 0.717) is 12.5 Å². The number of hydrogen-bond acceptors (Lipinski definition) is 3. The summed E-state index contributed by atoms with van der Waals surface area (Å²) in [6, 6.07) is 0.636. The summed E-state index contributed by atoms with van der Waals surface area (Å²) in [7, 11) is 0. The first-order valence-electron chi connectivity index (χ1n) is 4.16. The Hall–Kier alpha value is -1.36. The fraction of sp³-hybridized carbons (Fsp3) is 0.333. The maximum Gasteiger partial charge on any atom is 0.171 e. The van der Waals surface area contributed by atoms with E-state index in [0.717, 1.165) is 0 Å². The van der Waals surface area contributed by atoms with Gasteiger partial charge in [-0.3, -0.25) is 0 Å². The molecule has 0 aliphatic heterocycles. The molecule has 0 saturated carbocycles. The standard InChI is InChI=1S/C9H11F2NO2/c10-8-5(2-1-3-12)9(11)7(14)4-6(8)13/h4,13-14H,1-3,12H2. The smallest absolute Gasteiger partial charge is 0.171 e. The van der Waals surface area contributed by atoms with Crippen LogP contribution in [0.3, 0.4) is 0 Å². The molecule has 0 unspecified atom stereocenters. The molecule has 0 aromatic heterocycles. The second-order valence-corrected chi connectivity index (χ2v) is 2.91. The molecule has 14 heavy (non-hydrogen) atoms. The predicted molar refractivity (Wildman–Crippen MR) is 47.1 cm³/mol. The van der Waals surface area contributed by atoms with Gasteiger partial charge < -0.3 is 15.9 Å². The van der Waals surface area contributed by atoms with Crippen molar-refractivity contribution in [1.29, 1.82) is 0 Å². The van der Waals surface area contributed by atoms with Crippen LogP contribution in [0.1, 0.15) is 12.0 Å².